The number of nitrogens with zero attached hydrogens (tertiary/aromatic N) is 4. The summed E-state index contributed by atoms with van der Waals surface area (Å²) in [7, 11) is 1.58. The molecule has 35 heavy (non-hydrogen) atoms. The number of benzene rings is 3. The third-order valence-corrected chi connectivity index (χ3v) is 6.56. The lowest BCUT2D eigenvalue weighted by Gasteiger charge is -2.20. The zero-order valence-electron chi connectivity index (χ0n) is 18.9. The van der Waals surface area contributed by atoms with Crippen molar-refractivity contribution in [2.24, 2.45) is 7.05 Å². The lowest BCUT2D eigenvalue weighted by Crippen LogP contribution is -2.33. The largest absolute Gasteiger partial charge is 0.283 e. The molecule has 174 valence electrons. The van der Waals surface area contributed by atoms with Gasteiger partial charge in [-0.3, -0.25) is 14.5 Å². The SMILES string of the molecule is Cn1nc(CC(=O)N(Cc2ccccc2)c2nc(-c3ccc(F)cc3)cs2)c2ccccc2c1=O. The number of carbonyl (C=O) groups is 1. The fourth-order valence-corrected chi connectivity index (χ4v) is 4.77. The van der Waals surface area contributed by atoms with Crippen LogP contribution < -0.4 is 10.5 Å². The molecule has 0 saturated carbocycles. The van der Waals surface area contributed by atoms with Crippen molar-refractivity contribution in [1.29, 1.82) is 0 Å². The third-order valence-electron chi connectivity index (χ3n) is 5.70. The summed E-state index contributed by atoms with van der Waals surface area (Å²) >= 11 is 1.35. The number of anilines is 1. The van der Waals surface area contributed by atoms with Crippen LogP contribution in [0.3, 0.4) is 0 Å². The van der Waals surface area contributed by atoms with Crippen LogP contribution in [0, 0.1) is 5.82 Å². The van der Waals surface area contributed by atoms with Crippen LogP contribution in [-0.4, -0.2) is 20.7 Å². The molecule has 0 atom stereocenters. The molecule has 3 aromatic carbocycles. The molecule has 0 unspecified atom stereocenters. The quantitative estimate of drug-likeness (QED) is 0.341. The Kier molecular flexibility index (Phi) is 6.20. The van der Waals surface area contributed by atoms with Crippen LogP contribution in [0.25, 0.3) is 22.0 Å². The van der Waals surface area contributed by atoms with Gasteiger partial charge in [-0.2, -0.15) is 5.10 Å². The predicted molar refractivity (Wildman–Crippen MR) is 136 cm³/mol. The van der Waals surface area contributed by atoms with Crippen molar-refractivity contribution in [2.75, 3.05) is 4.90 Å². The van der Waals surface area contributed by atoms with Crippen molar-refractivity contribution in [3.05, 3.63) is 112 Å². The van der Waals surface area contributed by atoms with Gasteiger partial charge in [-0.05, 0) is 35.9 Å². The fourth-order valence-electron chi connectivity index (χ4n) is 3.92. The first-order chi connectivity index (χ1) is 17.0. The number of hydrogen-bond acceptors (Lipinski definition) is 5. The van der Waals surface area contributed by atoms with Crippen LogP contribution in [0.4, 0.5) is 9.52 Å². The van der Waals surface area contributed by atoms with E-state index in [-0.39, 0.29) is 23.7 Å². The van der Waals surface area contributed by atoms with E-state index in [0.717, 1.165) is 11.1 Å². The van der Waals surface area contributed by atoms with Crippen molar-refractivity contribution < 1.29 is 9.18 Å². The van der Waals surface area contributed by atoms with Crippen molar-refractivity contribution in [1.82, 2.24) is 14.8 Å². The molecule has 0 radical (unpaired) electrons. The molecule has 6 nitrogen and oxygen atoms in total. The van der Waals surface area contributed by atoms with Crippen molar-refractivity contribution in [2.45, 2.75) is 13.0 Å². The molecule has 8 heteroatoms. The first-order valence-electron chi connectivity index (χ1n) is 11.0. The van der Waals surface area contributed by atoms with E-state index in [9.17, 15) is 14.0 Å². The molecule has 0 aliphatic carbocycles. The highest BCUT2D eigenvalue weighted by Crippen LogP contribution is 2.29. The number of rotatable bonds is 6. The Hall–Kier alpha value is -4.17. The van der Waals surface area contributed by atoms with Gasteiger partial charge in [-0.1, -0.05) is 48.5 Å². The maximum atomic E-state index is 13.7. The van der Waals surface area contributed by atoms with Crippen molar-refractivity contribution >= 4 is 33.1 Å². The number of thiazole rings is 1. The van der Waals surface area contributed by atoms with Crippen LogP contribution in [0.2, 0.25) is 0 Å². The molecule has 5 rings (SSSR count). The van der Waals surface area contributed by atoms with Gasteiger partial charge < -0.3 is 0 Å². The second kappa shape index (κ2) is 9.60. The Labute approximate surface area is 204 Å². The average molecular weight is 485 g/mol. The third kappa shape index (κ3) is 4.74. The molecular formula is C27H21FN4O2S. The summed E-state index contributed by atoms with van der Waals surface area (Å²) in [4.78, 5) is 32.5. The van der Waals surface area contributed by atoms with Gasteiger partial charge in [0.2, 0.25) is 5.91 Å². The van der Waals surface area contributed by atoms with Gasteiger partial charge in [0.1, 0.15) is 5.82 Å². The summed E-state index contributed by atoms with van der Waals surface area (Å²) in [5, 5.41) is 7.96. The highest BCUT2D eigenvalue weighted by Gasteiger charge is 2.22. The summed E-state index contributed by atoms with van der Waals surface area (Å²) in [6, 6.07) is 23.0. The molecule has 1 amide bonds. The maximum absolute atomic E-state index is 13.7. The Morgan fingerprint density at radius 2 is 1.66 bits per heavy atom. The smallest absolute Gasteiger partial charge is 0.274 e. The number of halogens is 1. The van der Waals surface area contributed by atoms with Crippen LogP contribution in [0.1, 0.15) is 11.3 Å². The van der Waals surface area contributed by atoms with Gasteiger partial charge in [0, 0.05) is 23.4 Å². The molecule has 0 bridgehead atoms. The molecule has 0 N–H and O–H groups in total. The molecule has 2 aromatic heterocycles. The maximum Gasteiger partial charge on any atom is 0.274 e. The van der Waals surface area contributed by atoms with Gasteiger partial charge in [0.25, 0.3) is 5.56 Å². The Morgan fingerprint density at radius 1 is 0.971 bits per heavy atom. The molecule has 0 aliphatic rings. The van der Waals surface area contributed by atoms with Gasteiger partial charge in [0.15, 0.2) is 5.13 Å². The van der Waals surface area contributed by atoms with Gasteiger partial charge >= 0.3 is 0 Å². The van der Waals surface area contributed by atoms with Crippen LogP contribution in [-0.2, 0) is 24.8 Å². The number of aromatic nitrogens is 3. The Morgan fingerprint density at radius 3 is 2.40 bits per heavy atom. The van der Waals surface area contributed by atoms with Crippen LogP contribution >= 0.6 is 11.3 Å². The summed E-state index contributed by atoms with van der Waals surface area (Å²) in [5.74, 6) is -0.507. The van der Waals surface area contributed by atoms with E-state index in [0.29, 0.717) is 33.8 Å². The predicted octanol–water partition coefficient (Wildman–Crippen LogP) is 4.97. The normalized spacial score (nSPS) is 11.0. The van der Waals surface area contributed by atoms with Crippen LogP contribution in [0.15, 0.2) is 89.0 Å². The summed E-state index contributed by atoms with van der Waals surface area (Å²) in [6.45, 7) is 0.333. The van der Waals surface area contributed by atoms with Gasteiger partial charge in [0.05, 0.1) is 29.7 Å². The van der Waals surface area contributed by atoms with Crippen molar-refractivity contribution in [3.8, 4) is 11.3 Å². The second-order valence-electron chi connectivity index (χ2n) is 8.09. The standard InChI is InChI=1S/C27H21FN4O2S/c1-31-26(34)22-10-6-5-9-21(22)23(30-31)15-25(33)32(16-18-7-3-2-4-8-18)27-29-24(17-35-27)19-11-13-20(28)14-12-19/h2-14,17H,15-16H2,1H3. The summed E-state index contributed by atoms with van der Waals surface area (Å²) in [6.07, 6.45) is 0.00687. The molecule has 0 spiro atoms. The van der Waals surface area contributed by atoms with E-state index < -0.39 is 0 Å². The second-order valence-corrected chi connectivity index (χ2v) is 8.92. The minimum Gasteiger partial charge on any atom is -0.283 e. The molecule has 2 heterocycles. The topological polar surface area (TPSA) is 68.1 Å². The first kappa shape index (κ1) is 22.6. The van der Waals surface area contributed by atoms with E-state index in [1.807, 2.05) is 47.8 Å². The molecule has 0 saturated heterocycles. The van der Waals surface area contributed by atoms with E-state index >= 15 is 0 Å². The summed E-state index contributed by atoms with van der Waals surface area (Å²) < 4.78 is 14.6. The zero-order chi connectivity index (χ0) is 24.4. The number of carbonyl (C=O) groups excluding carboxylic acids is 1. The lowest BCUT2D eigenvalue weighted by molar-refractivity contribution is -0.118. The van der Waals surface area contributed by atoms with E-state index in [1.165, 1.54) is 28.2 Å². The monoisotopic (exact) mass is 484 g/mol. The lowest BCUT2D eigenvalue weighted by atomic mass is 10.1. The minimum absolute atomic E-state index is 0.00687. The minimum atomic E-state index is -0.318. The molecule has 0 aliphatic heterocycles. The number of aryl methyl sites for hydroxylation is 1. The number of amides is 1. The summed E-state index contributed by atoms with van der Waals surface area (Å²) in [5.41, 5.74) is 2.72. The number of fused-ring (bicyclic) bond motifs is 1. The molecule has 0 fully saturated rings. The van der Waals surface area contributed by atoms with E-state index in [2.05, 4.69) is 10.1 Å². The van der Waals surface area contributed by atoms with Crippen molar-refractivity contribution in [3.63, 3.8) is 0 Å². The average Bonchev–Trinajstić information content (AvgIpc) is 3.36. The fraction of sp³-hybridized carbons (Fsp3) is 0.111. The Balaban J connectivity index is 1.51. The van der Waals surface area contributed by atoms with Crippen LogP contribution in [0.5, 0.6) is 0 Å². The van der Waals surface area contributed by atoms with Gasteiger partial charge in [-0.15, -0.1) is 11.3 Å². The first-order valence-corrected chi connectivity index (χ1v) is 11.9. The molecule has 5 aromatic rings. The highest BCUT2D eigenvalue weighted by atomic mass is 32.1. The van der Waals surface area contributed by atoms with E-state index in [4.69, 9.17) is 0 Å². The van der Waals surface area contributed by atoms with Gasteiger partial charge in [-0.25, -0.2) is 14.1 Å². The zero-order valence-corrected chi connectivity index (χ0v) is 19.7. The highest BCUT2D eigenvalue weighted by molar-refractivity contribution is 7.14. The molecular weight excluding hydrogens is 463 g/mol. The number of hydrogen-bond donors (Lipinski definition) is 0. The Bertz CT molecular complexity index is 1560. The van der Waals surface area contributed by atoms with E-state index in [1.54, 1.807) is 36.2 Å².